The summed E-state index contributed by atoms with van der Waals surface area (Å²) in [4.78, 5) is 0. The van der Waals surface area contributed by atoms with Gasteiger partial charge in [-0.15, -0.1) is 13.2 Å². The Morgan fingerprint density at radius 1 is 0.833 bits per heavy atom. The lowest BCUT2D eigenvalue weighted by molar-refractivity contribution is 0.194. The molecule has 0 bridgehead atoms. The minimum absolute atomic E-state index is 0.617. The first-order valence-corrected chi connectivity index (χ1v) is 3.50. The highest BCUT2D eigenvalue weighted by Crippen LogP contribution is 1.72. The minimum atomic E-state index is 0.617. The quantitative estimate of drug-likeness (QED) is 0.345. The molecule has 0 aromatic rings. The Balaban J connectivity index is 0. The van der Waals surface area contributed by atoms with Crippen LogP contribution in [-0.4, -0.2) is 13.2 Å². The van der Waals surface area contributed by atoms with E-state index in [1.807, 2.05) is 0 Å². The van der Waals surface area contributed by atoms with Gasteiger partial charge in [0.25, 0.3) is 0 Å². The molecule has 0 aromatic heterocycles. The van der Waals surface area contributed by atoms with Crippen LogP contribution in [0.15, 0.2) is 51.0 Å². The number of hydrogen-bond donors (Lipinski definition) is 0. The van der Waals surface area contributed by atoms with Gasteiger partial charge in [0.05, 0.1) is 25.7 Å². The summed E-state index contributed by atoms with van der Waals surface area (Å²) < 4.78 is 9.26. The molecule has 0 aliphatic carbocycles. The van der Waals surface area contributed by atoms with Gasteiger partial charge < -0.3 is 9.47 Å². The van der Waals surface area contributed by atoms with E-state index < -0.39 is 0 Å². The predicted molar refractivity (Wildman–Crippen MR) is 52.7 cm³/mol. The summed E-state index contributed by atoms with van der Waals surface area (Å²) in [5.74, 6) is 0. The maximum atomic E-state index is 4.90. The smallest absolute Gasteiger partial charge is 0.0829 e. The van der Waals surface area contributed by atoms with Gasteiger partial charge in [0, 0.05) is 0 Å². The number of ether oxygens (including phenoxy) is 2. The predicted octanol–water partition coefficient (Wildman–Crippen LogP) is 2.67. The monoisotopic (exact) mass is 168 g/mol. The molecule has 0 saturated heterocycles. The minimum Gasteiger partial charge on any atom is -0.474 e. The van der Waals surface area contributed by atoms with E-state index in [2.05, 4.69) is 31.1 Å². The molecule has 0 heterocycles. The van der Waals surface area contributed by atoms with E-state index in [9.17, 15) is 0 Å². The second-order valence-electron chi connectivity index (χ2n) is 1.58. The average Bonchev–Trinajstić information content (AvgIpc) is 2.08. The summed E-state index contributed by atoms with van der Waals surface area (Å²) in [6.45, 7) is 14.7. The molecule has 2 nitrogen and oxygen atoms in total. The zero-order chi connectivity index (χ0) is 9.66. The Morgan fingerprint density at radius 3 is 1.42 bits per heavy atom. The van der Waals surface area contributed by atoms with Crippen LogP contribution < -0.4 is 0 Å². The van der Waals surface area contributed by atoms with E-state index in [0.29, 0.717) is 13.2 Å². The highest BCUT2D eigenvalue weighted by Gasteiger charge is 1.70. The molecule has 68 valence electrons. The summed E-state index contributed by atoms with van der Waals surface area (Å²) in [5.41, 5.74) is 0. The SMILES string of the molecule is C=CCOCC=C.C=COC=C. The van der Waals surface area contributed by atoms with Crippen molar-refractivity contribution in [1.82, 2.24) is 0 Å². The van der Waals surface area contributed by atoms with E-state index in [0.717, 1.165) is 0 Å². The number of hydrogen-bond acceptors (Lipinski definition) is 2. The number of rotatable bonds is 6. The topological polar surface area (TPSA) is 18.5 Å². The standard InChI is InChI=1S/C6H10O.C4H6O/c1-3-5-7-6-4-2;1-3-5-4-2/h3-4H,1-2,5-6H2;3-4H,1-2H2. The van der Waals surface area contributed by atoms with Crippen molar-refractivity contribution in [2.24, 2.45) is 0 Å². The molecule has 0 unspecified atom stereocenters. The van der Waals surface area contributed by atoms with E-state index in [1.54, 1.807) is 12.2 Å². The van der Waals surface area contributed by atoms with Crippen molar-refractivity contribution in [3.63, 3.8) is 0 Å². The first-order valence-electron chi connectivity index (χ1n) is 3.50. The molecule has 0 rings (SSSR count). The third-order valence-electron chi connectivity index (χ3n) is 0.664. The van der Waals surface area contributed by atoms with Gasteiger partial charge in [-0.2, -0.15) is 0 Å². The first-order chi connectivity index (χ1) is 5.83. The highest BCUT2D eigenvalue weighted by molar-refractivity contribution is 4.68. The fraction of sp³-hybridized carbons (Fsp3) is 0.200. The van der Waals surface area contributed by atoms with Crippen molar-refractivity contribution < 1.29 is 9.47 Å². The molecule has 0 aliphatic rings. The molecule has 0 aliphatic heterocycles. The van der Waals surface area contributed by atoms with Crippen molar-refractivity contribution in [2.75, 3.05) is 13.2 Å². The van der Waals surface area contributed by atoms with Gasteiger partial charge in [-0.25, -0.2) is 0 Å². The molecule has 0 saturated carbocycles. The normalized spacial score (nSPS) is 7.00. The van der Waals surface area contributed by atoms with Crippen LogP contribution in [0.5, 0.6) is 0 Å². The summed E-state index contributed by atoms with van der Waals surface area (Å²) >= 11 is 0. The molecule has 12 heavy (non-hydrogen) atoms. The molecular weight excluding hydrogens is 152 g/mol. The van der Waals surface area contributed by atoms with Gasteiger partial charge in [-0.1, -0.05) is 25.3 Å². The van der Waals surface area contributed by atoms with Gasteiger partial charge in [0.1, 0.15) is 0 Å². The van der Waals surface area contributed by atoms with Gasteiger partial charge in [0.2, 0.25) is 0 Å². The van der Waals surface area contributed by atoms with Crippen molar-refractivity contribution in [1.29, 1.82) is 0 Å². The largest absolute Gasteiger partial charge is 0.474 e. The summed E-state index contributed by atoms with van der Waals surface area (Å²) in [6.07, 6.45) is 6.05. The van der Waals surface area contributed by atoms with Crippen molar-refractivity contribution in [2.45, 2.75) is 0 Å². The molecule has 2 heteroatoms. The van der Waals surface area contributed by atoms with E-state index in [1.165, 1.54) is 12.5 Å². The van der Waals surface area contributed by atoms with Crippen LogP contribution in [0.1, 0.15) is 0 Å². The third-order valence-corrected chi connectivity index (χ3v) is 0.664. The summed E-state index contributed by atoms with van der Waals surface area (Å²) in [7, 11) is 0. The molecular formula is C10H16O2. The summed E-state index contributed by atoms with van der Waals surface area (Å²) in [5, 5.41) is 0. The highest BCUT2D eigenvalue weighted by atomic mass is 16.5. The van der Waals surface area contributed by atoms with Gasteiger partial charge in [-0.05, 0) is 0 Å². The molecule has 0 atom stereocenters. The van der Waals surface area contributed by atoms with E-state index >= 15 is 0 Å². The van der Waals surface area contributed by atoms with Crippen LogP contribution >= 0.6 is 0 Å². The van der Waals surface area contributed by atoms with Crippen LogP contribution in [0, 0.1) is 0 Å². The molecule has 0 amide bonds. The second kappa shape index (κ2) is 16.4. The molecule has 0 radical (unpaired) electrons. The summed E-state index contributed by atoms with van der Waals surface area (Å²) in [6, 6.07) is 0. The van der Waals surface area contributed by atoms with Crippen LogP contribution in [0.3, 0.4) is 0 Å². The van der Waals surface area contributed by atoms with Crippen LogP contribution in [0.25, 0.3) is 0 Å². The van der Waals surface area contributed by atoms with Crippen LogP contribution in [0.4, 0.5) is 0 Å². The maximum Gasteiger partial charge on any atom is 0.0829 e. The van der Waals surface area contributed by atoms with Crippen molar-refractivity contribution >= 4 is 0 Å². The zero-order valence-corrected chi connectivity index (χ0v) is 7.37. The maximum absolute atomic E-state index is 4.90. The van der Waals surface area contributed by atoms with Crippen molar-refractivity contribution in [3.05, 3.63) is 51.0 Å². The third kappa shape index (κ3) is 23.3. The van der Waals surface area contributed by atoms with Gasteiger partial charge in [0.15, 0.2) is 0 Å². The van der Waals surface area contributed by atoms with E-state index in [-0.39, 0.29) is 0 Å². The average molecular weight is 168 g/mol. The Bertz CT molecular complexity index is 114. The van der Waals surface area contributed by atoms with E-state index in [4.69, 9.17) is 4.74 Å². The fourth-order valence-corrected chi connectivity index (χ4v) is 0.303. The lowest BCUT2D eigenvalue weighted by Crippen LogP contribution is -1.87. The Labute approximate surface area is 74.5 Å². The molecule has 0 aromatic carbocycles. The van der Waals surface area contributed by atoms with Crippen molar-refractivity contribution in [3.8, 4) is 0 Å². The van der Waals surface area contributed by atoms with Gasteiger partial charge in [-0.3, -0.25) is 0 Å². The molecule has 0 N–H and O–H groups in total. The Kier molecular flexibility index (Phi) is 18.2. The molecule has 0 fully saturated rings. The molecule has 0 spiro atoms. The Hall–Kier alpha value is -1.28. The Morgan fingerprint density at radius 2 is 1.25 bits per heavy atom. The zero-order valence-electron chi connectivity index (χ0n) is 7.37. The van der Waals surface area contributed by atoms with Crippen LogP contribution in [-0.2, 0) is 9.47 Å². The fourth-order valence-electron chi connectivity index (χ4n) is 0.303. The van der Waals surface area contributed by atoms with Gasteiger partial charge >= 0.3 is 0 Å². The lowest BCUT2D eigenvalue weighted by atomic mass is 10.6. The lowest BCUT2D eigenvalue weighted by Gasteiger charge is -1.89. The van der Waals surface area contributed by atoms with Crippen LogP contribution in [0.2, 0.25) is 0 Å². The first kappa shape index (κ1) is 13.3. The second-order valence-corrected chi connectivity index (χ2v) is 1.58.